The Morgan fingerprint density at radius 1 is 1.28 bits per heavy atom. The Bertz CT molecular complexity index is 1290. The number of likely N-dealkylation sites (tertiary alicyclic amines) is 1. The fourth-order valence-electron chi connectivity index (χ4n) is 5.17. The largest absolute Gasteiger partial charge is 1.00 e. The fourth-order valence-corrected chi connectivity index (χ4v) is 6.09. The monoisotopic (exact) mass is 523 g/mol. The van der Waals surface area contributed by atoms with Crippen LogP contribution in [-0.2, 0) is 19.2 Å². The molecule has 4 atom stereocenters. The summed E-state index contributed by atoms with van der Waals surface area (Å²) in [5, 5.41) is 31.2. The van der Waals surface area contributed by atoms with E-state index in [9.17, 15) is 29.4 Å². The molecule has 2 fully saturated rings. The zero-order chi connectivity index (χ0) is 25.0. The second-order valence-corrected chi connectivity index (χ2v) is 9.57. The van der Waals surface area contributed by atoms with Crippen LogP contribution >= 0.6 is 11.8 Å². The van der Waals surface area contributed by atoms with Crippen molar-refractivity contribution >= 4 is 35.5 Å². The van der Waals surface area contributed by atoms with Crippen LogP contribution < -0.4 is 35.3 Å². The normalized spacial score (nSPS) is 23.0. The molecule has 1 unspecified atom stereocenters. The summed E-state index contributed by atoms with van der Waals surface area (Å²) in [6.45, 7) is 1.79. The third-order valence-electron chi connectivity index (χ3n) is 6.61. The van der Waals surface area contributed by atoms with Gasteiger partial charge in [-0.15, -0.1) is 5.10 Å². The van der Waals surface area contributed by atoms with Crippen LogP contribution in [0.1, 0.15) is 26.4 Å². The van der Waals surface area contributed by atoms with Crippen LogP contribution in [0, 0.1) is 5.92 Å². The molecule has 3 aliphatic rings. The van der Waals surface area contributed by atoms with Gasteiger partial charge in [0.25, 0.3) is 5.91 Å². The van der Waals surface area contributed by atoms with E-state index in [-0.39, 0.29) is 71.2 Å². The Morgan fingerprint density at radius 3 is 2.58 bits per heavy atom. The number of carbonyl (C=O) groups excluding carboxylic acids is 3. The number of hydrogen-bond donors (Lipinski definition) is 3. The summed E-state index contributed by atoms with van der Waals surface area (Å²) < 4.78 is 1.24. The second kappa shape index (κ2) is 9.84. The Kier molecular flexibility index (Phi) is 7.14. The van der Waals surface area contributed by atoms with Gasteiger partial charge in [0, 0.05) is 25.1 Å². The number of β-lactam (4-membered cyclic amide) rings is 1. The number of carboxylic acids is 1. The van der Waals surface area contributed by atoms with Gasteiger partial charge in [0.2, 0.25) is 17.0 Å². The molecule has 13 nitrogen and oxygen atoms in total. The average Bonchev–Trinajstić information content (AvgIpc) is 3.41. The number of benzene rings is 1. The number of nitrogens with two attached hydrogens (primary N) is 1. The van der Waals surface area contributed by atoms with Gasteiger partial charge in [-0.3, -0.25) is 19.3 Å². The maximum absolute atomic E-state index is 12.8. The number of aromatic nitrogens is 4. The number of rotatable bonds is 7. The summed E-state index contributed by atoms with van der Waals surface area (Å²) in [5.41, 5.74) is 6.52. The smallest absolute Gasteiger partial charge is 1.00 e. The van der Waals surface area contributed by atoms with Crippen molar-refractivity contribution in [1.29, 1.82) is 0 Å². The van der Waals surface area contributed by atoms with E-state index in [4.69, 9.17) is 5.73 Å². The van der Waals surface area contributed by atoms with Gasteiger partial charge in [0.15, 0.2) is 6.04 Å². The third-order valence-corrected chi connectivity index (χ3v) is 7.63. The summed E-state index contributed by atoms with van der Waals surface area (Å²) >= 11 is 1.12. The molecule has 36 heavy (non-hydrogen) atoms. The molecular formula is C21H22N7NaO6S. The first-order valence-electron chi connectivity index (χ1n) is 10.7. The van der Waals surface area contributed by atoms with E-state index in [1.807, 2.05) is 0 Å². The number of hydrogen-bond acceptors (Lipinski definition) is 9. The predicted octanol–water partition coefficient (Wildman–Crippen LogP) is -3.54. The summed E-state index contributed by atoms with van der Waals surface area (Å²) in [5.74, 6) is -2.43. The molecule has 1 aromatic heterocycles. The Labute approximate surface area is 232 Å². The van der Waals surface area contributed by atoms with Gasteiger partial charge in [0.1, 0.15) is 17.5 Å². The van der Waals surface area contributed by atoms with E-state index < -0.39 is 29.9 Å². The van der Waals surface area contributed by atoms with Crippen LogP contribution in [0.15, 0.2) is 40.7 Å². The number of carboxylic acid groups (broad SMARTS) is 1. The number of primary amides is 1. The summed E-state index contributed by atoms with van der Waals surface area (Å²) in [6.07, 6.45) is 0.405. The fraction of sp³-hybridized carbons (Fsp3) is 0.381. The number of carbonyl (C=O) groups is 4. The Hall–Kier alpha value is -2.94. The Morgan fingerprint density at radius 2 is 1.97 bits per heavy atom. The first-order chi connectivity index (χ1) is 16.7. The molecule has 1 aromatic carbocycles. The molecule has 2 aromatic rings. The molecule has 0 spiro atoms. The molecular weight excluding hydrogens is 501 g/mol. The van der Waals surface area contributed by atoms with E-state index >= 15 is 0 Å². The molecule has 0 aliphatic carbocycles. The van der Waals surface area contributed by atoms with Crippen LogP contribution in [0.3, 0.4) is 0 Å². The number of nitrogens with zero attached hydrogens (tertiary/aromatic N) is 6. The molecule has 184 valence electrons. The standard InChI is InChI=1S/C21H21N7O6S.Na.H/c1-9(29)26-7-11-6-12(16(20(33)34)27-14(11)17(26)19(27)32)8-35-21-23-24-25-28(21)15(18(22)31)10-2-4-13(30)5-3-10;;/h2-5,11,14-15,17,30H,6-8H2,1H3,(H2,22,31)(H,33,34);;/q;+1;-1/t11-,14-,15?,17+;;/m1../s1. The van der Waals surface area contributed by atoms with Crippen LogP contribution in [-0.4, -0.2) is 88.3 Å². The summed E-state index contributed by atoms with van der Waals surface area (Å²) in [7, 11) is 0. The van der Waals surface area contributed by atoms with E-state index in [1.165, 1.54) is 45.7 Å². The van der Waals surface area contributed by atoms with Gasteiger partial charge < -0.3 is 22.3 Å². The molecule has 15 heteroatoms. The van der Waals surface area contributed by atoms with Gasteiger partial charge in [-0.25, -0.2) is 9.48 Å². The van der Waals surface area contributed by atoms with E-state index in [1.54, 1.807) is 0 Å². The van der Waals surface area contributed by atoms with Crippen molar-refractivity contribution in [1.82, 2.24) is 30.0 Å². The number of tetrazole rings is 1. The maximum atomic E-state index is 12.8. The number of amides is 3. The van der Waals surface area contributed by atoms with Crippen molar-refractivity contribution in [3.05, 3.63) is 41.1 Å². The minimum absolute atomic E-state index is 0. The number of phenols is 1. The average molecular weight is 524 g/mol. The predicted molar refractivity (Wildman–Crippen MR) is 120 cm³/mol. The molecule has 2 saturated heterocycles. The molecule has 0 saturated carbocycles. The molecule has 3 amide bonds. The summed E-state index contributed by atoms with van der Waals surface area (Å²) in [4.78, 5) is 51.9. The molecule has 4 N–H and O–H groups in total. The minimum atomic E-state index is -1.22. The molecule has 5 rings (SSSR count). The van der Waals surface area contributed by atoms with Crippen molar-refractivity contribution in [2.24, 2.45) is 11.7 Å². The zero-order valence-electron chi connectivity index (χ0n) is 20.4. The zero-order valence-corrected chi connectivity index (χ0v) is 22.3. The number of phenolic OH excluding ortho intramolecular Hbond substituents is 1. The number of thioether (sulfide) groups is 1. The van der Waals surface area contributed by atoms with Gasteiger partial charge in [-0.2, -0.15) is 0 Å². The van der Waals surface area contributed by atoms with Crippen LogP contribution in [0.2, 0.25) is 0 Å². The summed E-state index contributed by atoms with van der Waals surface area (Å²) in [6, 6.07) is 3.90. The van der Waals surface area contributed by atoms with Crippen LogP contribution in [0.25, 0.3) is 0 Å². The topological polar surface area (TPSA) is 185 Å². The SMILES string of the molecule is CC(=O)N1C[C@H]2CC(CSc3nnnn3C(C(N)=O)c3ccc(O)cc3)=C(C(=O)O)N3C(=O)[C@@H]1[C@@H]23.[H-].[Na+]. The molecule has 4 heterocycles. The first kappa shape index (κ1) is 26.1. The number of aliphatic carboxylic acids is 1. The van der Waals surface area contributed by atoms with Crippen molar-refractivity contribution in [3.8, 4) is 5.75 Å². The van der Waals surface area contributed by atoms with Crippen molar-refractivity contribution < 1.29 is 60.4 Å². The van der Waals surface area contributed by atoms with Crippen LogP contribution in [0.5, 0.6) is 5.75 Å². The first-order valence-corrected chi connectivity index (χ1v) is 11.7. The second-order valence-electron chi connectivity index (χ2n) is 8.63. The molecule has 0 bridgehead atoms. The van der Waals surface area contributed by atoms with Crippen LogP contribution in [0.4, 0.5) is 0 Å². The van der Waals surface area contributed by atoms with E-state index in [0.717, 1.165) is 11.8 Å². The van der Waals surface area contributed by atoms with E-state index in [2.05, 4.69) is 15.5 Å². The van der Waals surface area contributed by atoms with Crippen molar-refractivity contribution in [3.63, 3.8) is 0 Å². The quantitative estimate of drug-likeness (QED) is 0.187. The molecule has 3 aliphatic heterocycles. The van der Waals surface area contributed by atoms with Gasteiger partial charge in [0.05, 0.1) is 6.04 Å². The van der Waals surface area contributed by atoms with Gasteiger partial charge in [-0.05, 0) is 40.1 Å². The minimum Gasteiger partial charge on any atom is -1.00 e. The molecule has 0 radical (unpaired) electrons. The number of aromatic hydroxyl groups is 1. The maximum Gasteiger partial charge on any atom is 1.00 e. The van der Waals surface area contributed by atoms with Crippen molar-refractivity contribution in [2.75, 3.05) is 12.3 Å². The Balaban J connectivity index is 0.00000190. The van der Waals surface area contributed by atoms with Crippen molar-refractivity contribution in [2.45, 2.75) is 36.6 Å². The van der Waals surface area contributed by atoms with Gasteiger partial charge >= 0.3 is 35.5 Å². The third kappa shape index (κ3) is 4.17. The van der Waals surface area contributed by atoms with E-state index in [0.29, 0.717) is 24.1 Å². The van der Waals surface area contributed by atoms with Gasteiger partial charge in [-0.1, -0.05) is 23.9 Å².